The molecule has 2 aliphatic carbocycles. The van der Waals surface area contributed by atoms with Gasteiger partial charge in [-0.25, -0.2) is 12.1 Å². The second kappa shape index (κ2) is 18.0. The van der Waals surface area contributed by atoms with E-state index in [4.69, 9.17) is 9.47 Å². The summed E-state index contributed by atoms with van der Waals surface area (Å²) in [7, 11) is 2.90. The molecule has 254 valence electrons. The van der Waals surface area contributed by atoms with E-state index in [1.807, 2.05) is 30.3 Å². The summed E-state index contributed by atoms with van der Waals surface area (Å²) in [5.74, 6) is 2.03. The standard InChI is InChI=1S/C36H49O2P2.C5H5.Fe/c1-25-20-32(21-26(2)35(25)37-5)40(33-22-27(3)36(38-6)28(4)23-33)34-19-13-14-29(34)24-39(30-15-9-7-10-16-30)31-17-11-8-12-18-31;1-2-4-5-3-1;/h13-14,19-23,30-31H,7-12,15-18,24H2,1-6H3;1-5H;/q-1;-5;. The number of aryl methyl sites for hydroxylation is 4. The molecule has 0 N–H and O–H groups in total. The maximum Gasteiger partial charge on any atom is 0.124 e. The Hall–Kier alpha value is -1.88. The van der Waals surface area contributed by atoms with Crippen molar-refractivity contribution >= 4 is 31.8 Å². The largest absolute Gasteiger partial charge is 0.748 e. The maximum absolute atomic E-state index is 5.78. The van der Waals surface area contributed by atoms with Gasteiger partial charge in [0, 0.05) is 17.1 Å². The fraction of sp³-hybridized carbons (Fsp3) is 0.463. The Bertz CT molecular complexity index is 1340. The van der Waals surface area contributed by atoms with Gasteiger partial charge < -0.3 is 39.8 Å². The van der Waals surface area contributed by atoms with Crippen LogP contribution in [0.2, 0.25) is 0 Å². The molecule has 0 bridgehead atoms. The van der Waals surface area contributed by atoms with Crippen molar-refractivity contribution in [2.75, 3.05) is 14.2 Å². The predicted octanol–water partition coefficient (Wildman–Crippen LogP) is 10.5. The van der Waals surface area contributed by atoms with Gasteiger partial charge in [0.1, 0.15) is 11.5 Å². The predicted molar refractivity (Wildman–Crippen MR) is 199 cm³/mol. The number of ether oxygens (including phenoxy) is 2. The molecule has 5 heteroatoms. The van der Waals surface area contributed by atoms with Crippen LogP contribution >= 0.6 is 15.8 Å². The Kier molecular flexibility index (Phi) is 14.5. The molecule has 4 aromatic rings. The van der Waals surface area contributed by atoms with Crippen LogP contribution in [0.3, 0.4) is 0 Å². The van der Waals surface area contributed by atoms with Crippen LogP contribution < -0.4 is 25.4 Å². The summed E-state index contributed by atoms with van der Waals surface area (Å²) in [6.07, 6.45) is 15.9. The fourth-order valence-electron chi connectivity index (χ4n) is 7.88. The summed E-state index contributed by atoms with van der Waals surface area (Å²) in [6.45, 7) is 8.80. The van der Waals surface area contributed by atoms with Crippen molar-refractivity contribution in [3.63, 3.8) is 0 Å². The quantitative estimate of drug-likeness (QED) is 0.0986. The SMILES string of the molecule is COc1c(C)cc(P(c2cc(C)c(OC)c(C)c2)[c-]2cccc2CP(C2CCCCC2)C2CCCCC2)cc1C.[Fe].[cH-]1[cH-][cH-][cH-][cH-]1. The van der Waals surface area contributed by atoms with Gasteiger partial charge in [-0.15, -0.1) is 5.30 Å². The third kappa shape index (κ3) is 8.97. The number of benzene rings is 2. The number of hydrogen-bond donors (Lipinski definition) is 0. The van der Waals surface area contributed by atoms with Crippen molar-refractivity contribution in [3.8, 4) is 11.5 Å². The van der Waals surface area contributed by atoms with Crippen molar-refractivity contribution in [3.05, 3.63) is 101 Å². The molecule has 46 heavy (non-hydrogen) atoms. The fourth-order valence-corrected chi connectivity index (χ4v) is 14.7. The van der Waals surface area contributed by atoms with E-state index in [0.717, 1.165) is 22.8 Å². The molecule has 0 aliphatic heterocycles. The maximum atomic E-state index is 5.78. The number of hydrogen-bond acceptors (Lipinski definition) is 2. The van der Waals surface area contributed by atoms with Gasteiger partial charge in [0.25, 0.3) is 0 Å². The van der Waals surface area contributed by atoms with E-state index < -0.39 is 7.92 Å². The van der Waals surface area contributed by atoms with Crippen LogP contribution in [-0.4, -0.2) is 25.5 Å². The molecule has 0 atom stereocenters. The van der Waals surface area contributed by atoms with Gasteiger partial charge in [0.2, 0.25) is 0 Å². The molecule has 0 saturated heterocycles. The zero-order chi connectivity index (χ0) is 31.8. The van der Waals surface area contributed by atoms with Crippen LogP contribution in [0.5, 0.6) is 11.5 Å². The molecule has 0 aromatic heterocycles. The minimum atomic E-state index is -0.696. The van der Waals surface area contributed by atoms with E-state index in [9.17, 15) is 0 Å². The molecular weight excluding hydrogens is 642 g/mol. The van der Waals surface area contributed by atoms with E-state index in [-0.39, 0.29) is 25.0 Å². The second-order valence-corrected chi connectivity index (χ2v) is 18.2. The zero-order valence-corrected chi connectivity index (χ0v) is 31.8. The monoisotopic (exact) mass is 696 g/mol. The normalized spacial score (nSPS) is 15.7. The van der Waals surface area contributed by atoms with Gasteiger partial charge in [0.05, 0.1) is 14.2 Å². The van der Waals surface area contributed by atoms with Gasteiger partial charge in [-0.3, -0.25) is 0 Å². The van der Waals surface area contributed by atoms with Crippen molar-refractivity contribution in [2.24, 2.45) is 0 Å². The average Bonchev–Trinajstić information content (AvgIpc) is 3.77. The first-order valence-electron chi connectivity index (χ1n) is 17.2. The average molecular weight is 697 g/mol. The molecule has 6 rings (SSSR count). The molecule has 2 nitrogen and oxygen atoms in total. The van der Waals surface area contributed by atoms with Crippen LogP contribution in [0.1, 0.15) is 92.0 Å². The molecular formula is C41H54FeO2P2-6. The van der Waals surface area contributed by atoms with E-state index in [1.165, 1.54) is 103 Å². The van der Waals surface area contributed by atoms with Gasteiger partial charge in [-0.1, -0.05) is 54.4 Å². The summed E-state index contributed by atoms with van der Waals surface area (Å²) < 4.78 is 11.6. The smallest absolute Gasteiger partial charge is 0.124 e. The topological polar surface area (TPSA) is 18.5 Å². The van der Waals surface area contributed by atoms with Gasteiger partial charge in [0.15, 0.2) is 0 Å². The van der Waals surface area contributed by atoms with Crippen LogP contribution in [0, 0.1) is 27.7 Å². The van der Waals surface area contributed by atoms with E-state index in [0.29, 0.717) is 0 Å². The van der Waals surface area contributed by atoms with Crippen molar-refractivity contribution in [1.82, 2.24) is 0 Å². The van der Waals surface area contributed by atoms with Gasteiger partial charge in [-0.2, -0.15) is 11.6 Å². The number of rotatable bonds is 9. The third-order valence-electron chi connectivity index (χ3n) is 9.93. The Morgan fingerprint density at radius 1 is 0.652 bits per heavy atom. The molecule has 0 heterocycles. The summed E-state index contributed by atoms with van der Waals surface area (Å²) in [5, 5.41) is 4.44. The van der Waals surface area contributed by atoms with Crippen LogP contribution in [0.25, 0.3) is 0 Å². The van der Waals surface area contributed by atoms with E-state index >= 15 is 0 Å². The third-order valence-corrected chi connectivity index (χ3v) is 16.0. The van der Waals surface area contributed by atoms with E-state index in [1.54, 1.807) is 25.1 Å². The molecule has 2 saturated carbocycles. The molecule has 4 aromatic carbocycles. The van der Waals surface area contributed by atoms with Crippen LogP contribution in [0.15, 0.2) is 72.8 Å². The second-order valence-electron chi connectivity index (χ2n) is 13.2. The number of methoxy groups -OCH3 is 2. The molecule has 2 aliphatic rings. The Labute approximate surface area is 292 Å². The van der Waals surface area contributed by atoms with Gasteiger partial charge in [-0.05, 0) is 128 Å². The first kappa shape index (κ1) is 36.9. The molecule has 2 fully saturated rings. The zero-order valence-electron chi connectivity index (χ0n) is 28.9. The molecule has 0 spiro atoms. The minimum Gasteiger partial charge on any atom is -0.748 e. The first-order chi connectivity index (χ1) is 21.9. The Balaban J connectivity index is 0.000000731. The molecule has 0 radical (unpaired) electrons. The van der Waals surface area contributed by atoms with Crippen molar-refractivity contribution in [2.45, 2.75) is 109 Å². The minimum absolute atomic E-state index is 0. The summed E-state index contributed by atoms with van der Waals surface area (Å²) in [4.78, 5) is 0. The summed E-state index contributed by atoms with van der Waals surface area (Å²) >= 11 is 0. The van der Waals surface area contributed by atoms with Crippen molar-refractivity contribution in [1.29, 1.82) is 0 Å². The van der Waals surface area contributed by atoms with Crippen LogP contribution in [-0.2, 0) is 23.2 Å². The van der Waals surface area contributed by atoms with Gasteiger partial charge >= 0.3 is 0 Å². The van der Waals surface area contributed by atoms with Crippen molar-refractivity contribution < 1.29 is 26.5 Å². The first-order valence-corrected chi connectivity index (χ1v) is 20.2. The molecule has 0 unspecified atom stereocenters. The Morgan fingerprint density at radius 2 is 1.04 bits per heavy atom. The molecule has 0 amide bonds. The van der Waals surface area contributed by atoms with E-state index in [2.05, 4.69) is 70.2 Å². The summed E-state index contributed by atoms with van der Waals surface area (Å²) in [6, 6.07) is 26.9. The Morgan fingerprint density at radius 3 is 1.41 bits per heavy atom. The summed E-state index contributed by atoms with van der Waals surface area (Å²) in [5.41, 5.74) is 8.48. The van der Waals surface area contributed by atoms with Crippen LogP contribution in [0.4, 0.5) is 0 Å².